The van der Waals surface area contributed by atoms with Gasteiger partial charge < -0.3 is 20.3 Å². The van der Waals surface area contributed by atoms with Crippen molar-refractivity contribution in [3.8, 4) is 11.5 Å². The lowest BCUT2D eigenvalue weighted by Crippen LogP contribution is -2.11. The second kappa shape index (κ2) is 6.11. The summed E-state index contributed by atoms with van der Waals surface area (Å²) in [5, 5.41) is 10.0. The summed E-state index contributed by atoms with van der Waals surface area (Å²) in [5.41, 5.74) is 7.04. The molecular formula is C15H17NO3. The first-order valence-electron chi connectivity index (χ1n) is 6.00. The number of methoxy groups -OCH3 is 1. The third-order valence-corrected chi connectivity index (χ3v) is 2.82. The van der Waals surface area contributed by atoms with Gasteiger partial charge in [0.15, 0.2) is 0 Å². The molecule has 0 saturated carbocycles. The maximum absolute atomic E-state index is 10.0. The number of benzene rings is 2. The Balaban J connectivity index is 1.96. The fourth-order valence-corrected chi connectivity index (χ4v) is 1.75. The van der Waals surface area contributed by atoms with Gasteiger partial charge in [0.1, 0.15) is 24.2 Å². The molecule has 19 heavy (non-hydrogen) atoms. The molecule has 0 fully saturated rings. The summed E-state index contributed by atoms with van der Waals surface area (Å²) in [6.07, 6.45) is -0.747. The largest absolute Gasteiger partial charge is 0.497 e. The van der Waals surface area contributed by atoms with E-state index in [0.717, 1.165) is 5.75 Å². The van der Waals surface area contributed by atoms with Crippen LogP contribution in [-0.4, -0.2) is 18.8 Å². The summed E-state index contributed by atoms with van der Waals surface area (Å²) < 4.78 is 10.6. The Morgan fingerprint density at radius 1 is 1.05 bits per heavy atom. The zero-order chi connectivity index (χ0) is 13.7. The minimum atomic E-state index is -0.747. The predicted molar refractivity (Wildman–Crippen MR) is 74.3 cm³/mol. The van der Waals surface area contributed by atoms with E-state index in [4.69, 9.17) is 15.2 Å². The maximum Gasteiger partial charge on any atom is 0.119 e. The van der Waals surface area contributed by atoms with E-state index in [-0.39, 0.29) is 6.61 Å². The number of nitrogen functional groups attached to an aromatic ring is 1. The molecule has 0 spiro atoms. The van der Waals surface area contributed by atoms with Crippen LogP contribution < -0.4 is 15.2 Å². The quantitative estimate of drug-likeness (QED) is 0.809. The first-order valence-corrected chi connectivity index (χ1v) is 6.00. The average molecular weight is 259 g/mol. The minimum Gasteiger partial charge on any atom is -0.497 e. The molecular weight excluding hydrogens is 242 g/mol. The van der Waals surface area contributed by atoms with E-state index in [1.165, 1.54) is 0 Å². The fraction of sp³-hybridized carbons (Fsp3) is 0.200. The number of hydrogen-bond acceptors (Lipinski definition) is 4. The van der Waals surface area contributed by atoms with Crippen LogP contribution in [0.25, 0.3) is 0 Å². The van der Waals surface area contributed by atoms with Gasteiger partial charge in [0.05, 0.1) is 7.11 Å². The van der Waals surface area contributed by atoms with Crippen molar-refractivity contribution in [3.63, 3.8) is 0 Å². The number of ether oxygens (including phenoxy) is 2. The first kappa shape index (κ1) is 13.2. The van der Waals surface area contributed by atoms with E-state index in [1.54, 1.807) is 43.5 Å². The van der Waals surface area contributed by atoms with Crippen LogP contribution in [0, 0.1) is 0 Å². The molecule has 0 aliphatic heterocycles. The molecule has 2 aromatic carbocycles. The molecule has 0 bridgehead atoms. The van der Waals surface area contributed by atoms with Crippen LogP contribution in [0.2, 0.25) is 0 Å². The second-order valence-electron chi connectivity index (χ2n) is 4.13. The van der Waals surface area contributed by atoms with Gasteiger partial charge in [-0.25, -0.2) is 0 Å². The molecule has 0 aliphatic rings. The van der Waals surface area contributed by atoms with Gasteiger partial charge in [-0.15, -0.1) is 0 Å². The normalized spacial score (nSPS) is 11.9. The van der Waals surface area contributed by atoms with Crippen LogP contribution in [0.3, 0.4) is 0 Å². The van der Waals surface area contributed by atoms with Gasteiger partial charge in [0.25, 0.3) is 0 Å². The van der Waals surface area contributed by atoms with Crippen LogP contribution in [0.1, 0.15) is 11.7 Å². The topological polar surface area (TPSA) is 64.7 Å². The molecule has 0 aliphatic carbocycles. The molecule has 4 heteroatoms. The summed E-state index contributed by atoms with van der Waals surface area (Å²) in [6, 6.07) is 14.4. The Morgan fingerprint density at radius 2 is 1.68 bits per heavy atom. The maximum atomic E-state index is 10.0. The molecule has 1 unspecified atom stereocenters. The average Bonchev–Trinajstić information content (AvgIpc) is 2.46. The highest BCUT2D eigenvalue weighted by atomic mass is 16.5. The van der Waals surface area contributed by atoms with Crippen LogP contribution >= 0.6 is 0 Å². The van der Waals surface area contributed by atoms with Gasteiger partial charge in [0, 0.05) is 11.3 Å². The summed E-state index contributed by atoms with van der Waals surface area (Å²) in [4.78, 5) is 0. The molecule has 0 heterocycles. The first-order chi connectivity index (χ1) is 9.20. The Morgan fingerprint density at radius 3 is 2.32 bits per heavy atom. The highest BCUT2D eigenvalue weighted by Gasteiger charge is 2.11. The van der Waals surface area contributed by atoms with Crippen molar-refractivity contribution in [1.82, 2.24) is 0 Å². The van der Waals surface area contributed by atoms with E-state index in [9.17, 15) is 5.11 Å². The van der Waals surface area contributed by atoms with Crippen LogP contribution in [0.4, 0.5) is 5.69 Å². The molecule has 0 aromatic heterocycles. The van der Waals surface area contributed by atoms with Gasteiger partial charge in [0.2, 0.25) is 0 Å². The third-order valence-electron chi connectivity index (χ3n) is 2.82. The SMILES string of the molecule is COc1ccc(OCC(O)c2ccccc2N)cc1. The van der Waals surface area contributed by atoms with Crippen LogP contribution in [-0.2, 0) is 0 Å². The van der Waals surface area contributed by atoms with Gasteiger partial charge in [-0.05, 0) is 30.3 Å². The zero-order valence-corrected chi connectivity index (χ0v) is 10.7. The summed E-state index contributed by atoms with van der Waals surface area (Å²) in [5.74, 6) is 1.44. The summed E-state index contributed by atoms with van der Waals surface area (Å²) in [6.45, 7) is 0.153. The molecule has 1 atom stereocenters. The van der Waals surface area contributed by atoms with Gasteiger partial charge >= 0.3 is 0 Å². The molecule has 3 N–H and O–H groups in total. The summed E-state index contributed by atoms with van der Waals surface area (Å²) >= 11 is 0. The molecule has 2 rings (SSSR count). The number of rotatable bonds is 5. The van der Waals surface area contributed by atoms with Crippen molar-refractivity contribution in [2.45, 2.75) is 6.10 Å². The predicted octanol–water partition coefficient (Wildman–Crippen LogP) is 2.39. The monoisotopic (exact) mass is 259 g/mol. The molecule has 100 valence electrons. The number of para-hydroxylation sites is 1. The smallest absolute Gasteiger partial charge is 0.119 e. The van der Waals surface area contributed by atoms with Gasteiger partial charge in [-0.1, -0.05) is 18.2 Å². The highest BCUT2D eigenvalue weighted by Crippen LogP contribution is 2.22. The Bertz CT molecular complexity index is 525. The third kappa shape index (κ3) is 3.39. The lowest BCUT2D eigenvalue weighted by atomic mass is 10.1. The Kier molecular flexibility index (Phi) is 4.26. The number of aliphatic hydroxyl groups excluding tert-OH is 1. The van der Waals surface area contributed by atoms with Crippen molar-refractivity contribution >= 4 is 5.69 Å². The van der Waals surface area contributed by atoms with Crippen molar-refractivity contribution in [1.29, 1.82) is 0 Å². The Labute approximate surface area is 112 Å². The molecule has 0 saturated heterocycles. The number of nitrogens with two attached hydrogens (primary N) is 1. The fourth-order valence-electron chi connectivity index (χ4n) is 1.75. The molecule has 0 amide bonds. The Hall–Kier alpha value is -2.20. The lowest BCUT2D eigenvalue weighted by Gasteiger charge is -2.14. The minimum absolute atomic E-state index is 0.153. The standard InChI is InChI=1S/C15H17NO3/c1-18-11-6-8-12(9-7-11)19-10-15(17)13-4-2-3-5-14(13)16/h2-9,15,17H,10,16H2,1H3. The van der Waals surface area contributed by atoms with E-state index in [1.807, 2.05) is 12.1 Å². The molecule has 2 aromatic rings. The van der Waals surface area contributed by atoms with Gasteiger partial charge in [-0.2, -0.15) is 0 Å². The molecule has 4 nitrogen and oxygen atoms in total. The number of aliphatic hydroxyl groups is 1. The van der Waals surface area contributed by atoms with E-state index in [0.29, 0.717) is 17.0 Å². The van der Waals surface area contributed by atoms with Crippen molar-refractivity contribution < 1.29 is 14.6 Å². The van der Waals surface area contributed by atoms with E-state index < -0.39 is 6.10 Å². The van der Waals surface area contributed by atoms with Crippen molar-refractivity contribution in [2.24, 2.45) is 0 Å². The van der Waals surface area contributed by atoms with Crippen LogP contribution in [0.15, 0.2) is 48.5 Å². The van der Waals surface area contributed by atoms with Crippen LogP contribution in [0.5, 0.6) is 11.5 Å². The van der Waals surface area contributed by atoms with E-state index in [2.05, 4.69) is 0 Å². The highest BCUT2D eigenvalue weighted by molar-refractivity contribution is 5.47. The number of hydrogen-bond donors (Lipinski definition) is 2. The van der Waals surface area contributed by atoms with Gasteiger partial charge in [-0.3, -0.25) is 0 Å². The van der Waals surface area contributed by atoms with E-state index >= 15 is 0 Å². The van der Waals surface area contributed by atoms with Crippen molar-refractivity contribution in [2.75, 3.05) is 19.5 Å². The molecule has 0 radical (unpaired) electrons. The zero-order valence-electron chi connectivity index (χ0n) is 10.7. The number of anilines is 1. The second-order valence-corrected chi connectivity index (χ2v) is 4.13. The lowest BCUT2D eigenvalue weighted by molar-refractivity contribution is 0.109. The summed E-state index contributed by atoms with van der Waals surface area (Å²) in [7, 11) is 1.61. The van der Waals surface area contributed by atoms with Crippen molar-refractivity contribution in [3.05, 3.63) is 54.1 Å².